The van der Waals surface area contributed by atoms with Gasteiger partial charge in [-0.05, 0) is 37.0 Å². The van der Waals surface area contributed by atoms with Crippen molar-refractivity contribution in [3.8, 4) is 0 Å². The van der Waals surface area contributed by atoms with Crippen LogP contribution in [0.4, 0.5) is 0 Å². The van der Waals surface area contributed by atoms with Gasteiger partial charge in [0, 0.05) is 23.1 Å². The number of carbonyl (C=O) groups excluding carboxylic acids is 1. The molecule has 0 saturated carbocycles. The summed E-state index contributed by atoms with van der Waals surface area (Å²) < 4.78 is 22.2. The highest BCUT2D eigenvalue weighted by Gasteiger charge is 2.12. The molecular formula is C14H20ClNO3S. The minimum absolute atomic E-state index is 0.000224. The molecule has 0 aliphatic carbocycles. The zero-order valence-electron chi connectivity index (χ0n) is 11.9. The van der Waals surface area contributed by atoms with E-state index in [1.54, 1.807) is 12.1 Å². The van der Waals surface area contributed by atoms with Crippen molar-refractivity contribution in [1.82, 2.24) is 5.32 Å². The maximum Gasteiger partial charge on any atom is 0.261 e. The summed E-state index contributed by atoms with van der Waals surface area (Å²) in [6, 6.07) is 6.40. The van der Waals surface area contributed by atoms with Crippen LogP contribution in [-0.2, 0) is 20.3 Å². The van der Waals surface area contributed by atoms with Gasteiger partial charge in [-0.2, -0.15) is 0 Å². The minimum atomic E-state index is -3.68. The van der Waals surface area contributed by atoms with Crippen LogP contribution in [0.15, 0.2) is 29.2 Å². The lowest BCUT2D eigenvalue weighted by Crippen LogP contribution is -2.36. The molecule has 0 aromatic heterocycles. The molecule has 0 bridgehead atoms. The van der Waals surface area contributed by atoms with E-state index >= 15 is 0 Å². The second-order valence-corrected chi connectivity index (χ2v) is 7.75. The van der Waals surface area contributed by atoms with Crippen molar-refractivity contribution in [2.75, 3.05) is 0 Å². The quantitative estimate of drug-likeness (QED) is 0.820. The van der Waals surface area contributed by atoms with Crippen LogP contribution in [0.25, 0.3) is 0 Å². The van der Waals surface area contributed by atoms with Crippen LogP contribution < -0.4 is 5.32 Å². The van der Waals surface area contributed by atoms with Gasteiger partial charge in [-0.25, -0.2) is 8.42 Å². The monoisotopic (exact) mass is 317 g/mol. The Morgan fingerprint density at radius 1 is 1.20 bits per heavy atom. The lowest BCUT2D eigenvalue weighted by Gasteiger charge is -2.17. The van der Waals surface area contributed by atoms with Crippen molar-refractivity contribution in [2.45, 2.75) is 44.6 Å². The molecule has 4 nitrogen and oxygen atoms in total. The Hall–Kier alpha value is -1.07. The van der Waals surface area contributed by atoms with E-state index in [9.17, 15) is 13.2 Å². The molecular weight excluding hydrogens is 298 g/mol. The fraction of sp³-hybridized carbons (Fsp3) is 0.500. The van der Waals surface area contributed by atoms with Gasteiger partial charge in [0.25, 0.3) is 9.05 Å². The molecule has 20 heavy (non-hydrogen) atoms. The van der Waals surface area contributed by atoms with Gasteiger partial charge >= 0.3 is 0 Å². The Bertz CT molecular complexity index is 552. The van der Waals surface area contributed by atoms with Crippen molar-refractivity contribution in [1.29, 1.82) is 0 Å². The average molecular weight is 318 g/mol. The van der Waals surface area contributed by atoms with E-state index in [4.69, 9.17) is 10.7 Å². The molecule has 0 fully saturated rings. The van der Waals surface area contributed by atoms with Crippen molar-refractivity contribution in [3.05, 3.63) is 29.8 Å². The number of amides is 1. The van der Waals surface area contributed by atoms with Crippen LogP contribution >= 0.6 is 10.7 Å². The highest BCUT2D eigenvalue weighted by Crippen LogP contribution is 2.16. The van der Waals surface area contributed by atoms with E-state index in [2.05, 4.69) is 19.2 Å². The van der Waals surface area contributed by atoms with Crippen LogP contribution in [0.5, 0.6) is 0 Å². The zero-order valence-corrected chi connectivity index (χ0v) is 13.5. The summed E-state index contributed by atoms with van der Waals surface area (Å²) in [5.41, 5.74) is 0.904. The average Bonchev–Trinajstić information content (AvgIpc) is 2.35. The number of hydrogen-bond donors (Lipinski definition) is 1. The normalized spacial score (nSPS) is 13.2. The second kappa shape index (κ2) is 7.09. The molecule has 1 aromatic rings. The Balaban J connectivity index is 2.52. The zero-order chi connectivity index (χ0) is 15.3. The molecule has 0 aliphatic heterocycles. The summed E-state index contributed by atoms with van der Waals surface area (Å²) in [4.78, 5) is 11.8. The molecule has 112 valence electrons. The van der Waals surface area contributed by atoms with E-state index in [1.807, 2.05) is 6.92 Å². The summed E-state index contributed by atoms with van der Waals surface area (Å²) in [5, 5.41) is 2.93. The predicted octanol–water partition coefficient (Wildman–Crippen LogP) is 2.71. The lowest BCUT2D eigenvalue weighted by molar-refractivity contribution is -0.121. The second-order valence-electron chi connectivity index (χ2n) is 5.18. The number of carbonyl (C=O) groups is 1. The molecule has 0 radical (unpaired) electrons. The number of halogens is 1. The van der Waals surface area contributed by atoms with Crippen LogP contribution in [0.3, 0.4) is 0 Å². The first kappa shape index (κ1) is 17.0. The van der Waals surface area contributed by atoms with E-state index < -0.39 is 9.05 Å². The highest BCUT2D eigenvalue weighted by atomic mass is 35.7. The van der Waals surface area contributed by atoms with Crippen molar-refractivity contribution in [3.63, 3.8) is 0 Å². The van der Waals surface area contributed by atoms with Crippen LogP contribution in [-0.4, -0.2) is 20.4 Å². The van der Waals surface area contributed by atoms with Gasteiger partial charge < -0.3 is 5.32 Å². The first-order valence-corrected chi connectivity index (χ1v) is 8.84. The maximum atomic E-state index is 11.7. The molecule has 6 heteroatoms. The van der Waals surface area contributed by atoms with Crippen molar-refractivity contribution in [2.24, 2.45) is 5.92 Å². The molecule has 1 N–H and O–H groups in total. The molecule has 0 saturated heterocycles. The summed E-state index contributed by atoms with van der Waals surface area (Å²) in [6.07, 6.45) is 0.948. The van der Waals surface area contributed by atoms with Crippen molar-refractivity contribution < 1.29 is 13.2 Å². The van der Waals surface area contributed by atoms with Gasteiger partial charge in [0.15, 0.2) is 0 Å². The summed E-state index contributed by atoms with van der Waals surface area (Å²) in [6.45, 7) is 6.08. The molecule has 1 unspecified atom stereocenters. The number of hydrogen-bond acceptors (Lipinski definition) is 3. The third-order valence-corrected chi connectivity index (χ3v) is 4.60. The standard InChI is InChI=1S/C14H20ClNO3S/c1-10(2)11(3)16-14(17)9-6-12-4-7-13(8-5-12)20(15,18)19/h4-5,7-8,10-11H,6,9H2,1-3H3,(H,16,17). The fourth-order valence-corrected chi connectivity index (χ4v) is 2.34. The first-order chi connectivity index (χ1) is 9.20. The maximum absolute atomic E-state index is 11.7. The van der Waals surface area contributed by atoms with E-state index in [0.717, 1.165) is 5.56 Å². The topological polar surface area (TPSA) is 63.2 Å². The van der Waals surface area contributed by atoms with Gasteiger partial charge in [0.2, 0.25) is 5.91 Å². The number of aryl methyl sites for hydroxylation is 1. The van der Waals surface area contributed by atoms with Crippen LogP contribution in [0.2, 0.25) is 0 Å². The summed E-state index contributed by atoms with van der Waals surface area (Å²) in [5.74, 6) is 0.396. The molecule has 0 aliphatic rings. The van der Waals surface area contributed by atoms with E-state index in [0.29, 0.717) is 18.8 Å². The van der Waals surface area contributed by atoms with Gasteiger partial charge in [-0.1, -0.05) is 26.0 Å². The number of nitrogens with one attached hydrogen (secondary N) is 1. The smallest absolute Gasteiger partial charge is 0.261 e. The molecule has 1 aromatic carbocycles. The van der Waals surface area contributed by atoms with Gasteiger partial charge in [-0.15, -0.1) is 0 Å². The molecule has 0 spiro atoms. The van der Waals surface area contributed by atoms with E-state index in [-0.39, 0.29) is 16.8 Å². The molecule has 1 rings (SSSR count). The Kier molecular flexibility index (Phi) is 6.02. The van der Waals surface area contributed by atoms with Crippen molar-refractivity contribution >= 4 is 25.6 Å². The number of benzene rings is 1. The Morgan fingerprint density at radius 3 is 2.20 bits per heavy atom. The predicted molar refractivity (Wildman–Crippen MR) is 80.2 cm³/mol. The largest absolute Gasteiger partial charge is 0.353 e. The molecule has 0 heterocycles. The van der Waals surface area contributed by atoms with E-state index in [1.165, 1.54) is 12.1 Å². The lowest BCUT2D eigenvalue weighted by atomic mass is 10.1. The Labute approximate surface area is 124 Å². The fourth-order valence-electron chi connectivity index (χ4n) is 1.57. The van der Waals surface area contributed by atoms with Crippen LogP contribution in [0, 0.1) is 5.92 Å². The SMILES string of the molecule is CC(C)C(C)NC(=O)CCc1ccc(S(=O)(=O)Cl)cc1. The third-order valence-electron chi connectivity index (χ3n) is 3.23. The highest BCUT2D eigenvalue weighted by molar-refractivity contribution is 8.13. The Morgan fingerprint density at radius 2 is 1.75 bits per heavy atom. The molecule has 1 atom stereocenters. The van der Waals surface area contributed by atoms with Gasteiger partial charge in [0.1, 0.15) is 0 Å². The first-order valence-electron chi connectivity index (χ1n) is 6.53. The molecule has 1 amide bonds. The van der Waals surface area contributed by atoms with Gasteiger partial charge in [0.05, 0.1) is 4.90 Å². The number of rotatable bonds is 6. The van der Waals surface area contributed by atoms with Crippen LogP contribution in [0.1, 0.15) is 32.8 Å². The minimum Gasteiger partial charge on any atom is -0.353 e. The van der Waals surface area contributed by atoms with Gasteiger partial charge in [-0.3, -0.25) is 4.79 Å². The summed E-state index contributed by atoms with van der Waals surface area (Å²) >= 11 is 0. The summed E-state index contributed by atoms with van der Waals surface area (Å²) in [7, 11) is 1.55. The third kappa shape index (κ3) is 5.51.